The molecule has 0 radical (unpaired) electrons. The summed E-state index contributed by atoms with van der Waals surface area (Å²) in [6, 6.07) is 2.10. The maximum Gasteiger partial charge on any atom is 0.311 e. The van der Waals surface area contributed by atoms with E-state index in [1.165, 1.54) is 5.56 Å². The van der Waals surface area contributed by atoms with Crippen LogP contribution in [0.2, 0.25) is 0 Å². The molecule has 0 aliphatic carbocycles. The summed E-state index contributed by atoms with van der Waals surface area (Å²) in [6.07, 6.45) is 2.66. The van der Waals surface area contributed by atoms with Crippen LogP contribution >= 0.6 is 11.3 Å². The Morgan fingerprint density at radius 3 is 2.93 bits per heavy atom. The van der Waals surface area contributed by atoms with E-state index in [4.69, 9.17) is 4.74 Å². The van der Waals surface area contributed by atoms with Gasteiger partial charge in [-0.05, 0) is 30.4 Å². The van der Waals surface area contributed by atoms with E-state index in [9.17, 15) is 4.79 Å². The molecule has 0 saturated heterocycles. The van der Waals surface area contributed by atoms with Gasteiger partial charge in [0.25, 0.3) is 0 Å². The Hall–Kier alpha value is -0.830. The van der Waals surface area contributed by atoms with Crippen molar-refractivity contribution >= 4 is 17.3 Å². The average molecular weight is 212 g/mol. The molecule has 0 aliphatic rings. The van der Waals surface area contributed by atoms with E-state index in [2.05, 4.69) is 18.4 Å². The number of aryl methyl sites for hydroxylation is 1. The molecule has 1 aromatic heterocycles. The van der Waals surface area contributed by atoms with Crippen molar-refractivity contribution in [2.24, 2.45) is 0 Å². The fourth-order valence-corrected chi connectivity index (χ4v) is 2.20. The second-order valence-electron chi connectivity index (χ2n) is 3.15. The maximum absolute atomic E-state index is 11.2. The van der Waals surface area contributed by atoms with E-state index >= 15 is 0 Å². The van der Waals surface area contributed by atoms with E-state index in [1.54, 1.807) is 11.3 Å². The Bertz CT molecular complexity index is 291. The Labute approximate surface area is 88.9 Å². The van der Waals surface area contributed by atoms with Crippen molar-refractivity contribution in [3.05, 3.63) is 21.9 Å². The molecule has 0 fully saturated rings. The molecule has 0 amide bonds. The first-order valence-corrected chi connectivity index (χ1v) is 5.86. The molecule has 1 rings (SSSR count). The molecule has 0 aliphatic heterocycles. The molecule has 0 N–H and O–H groups in total. The zero-order chi connectivity index (χ0) is 10.4. The van der Waals surface area contributed by atoms with Gasteiger partial charge in [0.05, 0.1) is 13.0 Å². The molecule has 0 atom stereocenters. The van der Waals surface area contributed by atoms with Crippen molar-refractivity contribution in [2.45, 2.75) is 33.1 Å². The van der Waals surface area contributed by atoms with Gasteiger partial charge in [-0.15, -0.1) is 11.3 Å². The normalized spacial score (nSPS) is 10.1. The van der Waals surface area contributed by atoms with Crippen LogP contribution in [-0.4, -0.2) is 12.6 Å². The first-order valence-electron chi connectivity index (χ1n) is 4.98. The van der Waals surface area contributed by atoms with E-state index in [1.807, 2.05) is 6.92 Å². The van der Waals surface area contributed by atoms with E-state index in [0.717, 1.165) is 17.7 Å². The van der Waals surface area contributed by atoms with Gasteiger partial charge in [-0.1, -0.05) is 13.3 Å². The summed E-state index contributed by atoms with van der Waals surface area (Å²) in [6.45, 7) is 4.45. The average Bonchev–Trinajstić information content (AvgIpc) is 2.53. The fraction of sp³-hybridized carbons (Fsp3) is 0.545. The van der Waals surface area contributed by atoms with Gasteiger partial charge >= 0.3 is 5.97 Å². The third-order valence-electron chi connectivity index (χ3n) is 1.87. The van der Waals surface area contributed by atoms with Gasteiger partial charge in [-0.25, -0.2) is 0 Å². The number of carbonyl (C=O) groups excluding carboxylic acids is 1. The number of thiophene rings is 1. The second kappa shape index (κ2) is 5.81. The van der Waals surface area contributed by atoms with Crippen molar-refractivity contribution in [2.75, 3.05) is 6.61 Å². The van der Waals surface area contributed by atoms with Crippen LogP contribution in [-0.2, 0) is 22.4 Å². The molecule has 1 heterocycles. The highest BCUT2D eigenvalue weighted by molar-refractivity contribution is 7.10. The highest BCUT2D eigenvalue weighted by Crippen LogP contribution is 2.16. The SMILES string of the molecule is CCCc1csc(CC(=O)OCC)c1. The minimum absolute atomic E-state index is 0.127. The number of hydrogen-bond acceptors (Lipinski definition) is 3. The first kappa shape index (κ1) is 11.2. The Kier molecular flexibility index (Phi) is 4.66. The highest BCUT2D eigenvalue weighted by atomic mass is 32.1. The molecule has 2 nitrogen and oxygen atoms in total. The Morgan fingerprint density at radius 1 is 1.50 bits per heavy atom. The predicted octanol–water partition coefficient (Wildman–Crippen LogP) is 2.81. The standard InChI is InChI=1S/C11H16O2S/c1-3-5-9-6-10(14-8-9)7-11(12)13-4-2/h6,8H,3-5,7H2,1-2H3. The lowest BCUT2D eigenvalue weighted by Gasteiger charge is -1.98. The minimum Gasteiger partial charge on any atom is -0.466 e. The van der Waals surface area contributed by atoms with E-state index in [-0.39, 0.29) is 5.97 Å². The predicted molar refractivity (Wildman–Crippen MR) is 58.7 cm³/mol. The summed E-state index contributed by atoms with van der Waals surface area (Å²) in [4.78, 5) is 12.3. The second-order valence-corrected chi connectivity index (χ2v) is 4.15. The van der Waals surface area contributed by atoms with E-state index < -0.39 is 0 Å². The van der Waals surface area contributed by atoms with Crippen LogP contribution in [0.1, 0.15) is 30.7 Å². The summed E-state index contributed by atoms with van der Waals surface area (Å²) in [7, 11) is 0. The molecular weight excluding hydrogens is 196 g/mol. The van der Waals surface area contributed by atoms with Gasteiger partial charge in [0.1, 0.15) is 0 Å². The van der Waals surface area contributed by atoms with Crippen LogP contribution in [0.15, 0.2) is 11.4 Å². The van der Waals surface area contributed by atoms with Crippen molar-refractivity contribution in [3.63, 3.8) is 0 Å². The smallest absolute Gasteiger partial charge is 0.311 e. The first-order chi connectivity index (χ1) is 6.76. The quantitative estimate of drug-likeness (QED) is 0.701. The largest absolute Gasteiger partial charge is 0.466 e. The summed E-state index contributed by atoms with van der Waals surface area (Å²) in [5.74, 6) is -0.127. The lowest BCUT2D eigenvalue weighted by atomic mass is 10.2. The summed E-state index contributed by atoms with van der Waals surface area (Å²) in [5, 5.41) is 2.12. The molecule has 0 aromatic carbocycles. The van der Waals surface area contributed by atoms with Crippen molar-refractivity contribution < 1.29 is 9.53 Å². The molecular formula is C11H16O2S. The van der Waals surface area contributed by atoms with Gasteiger partial charge in [-0.3, -0.25) is 4.79 Å². The number of carbonyl (C=O) groups is 1. The molecule has 78 valence electrons. The molecule has 0 unspecified atom stereocenters. The van der Waals surface area contributed by atoms with Gasteiger partial charge in [-0.2, -0.15) is 0 Å². The van der Waals surface area contributed by atoms with Crippen LogP contribution in [0, 0.1) is 0 Å². The lowest BCUT2D eigenvalue weighted by Crippen LogP contribution is -2.06. The Balaban J connectivity index is 2.46. The summed E-state index contributed by atoms with van der Waals surface area (Å²) >= 11 is 1.64. The van der Waals surface area contributed by atoms with Crippen LogP contribution in [0.3, 0.4) is 0 Å². The molecule has 0 spiro atoms. The summed E-state index contributed by atoms with van der Waals surface area (Å²) in [5.41, 5.74) is 1.33. The third-order valence-corrected chi connectivity index (χ3v) is 2.86. The van der Waals surface area contributed by atoms with Gasteiger partial charge in [0, 0.05) is 4.88 Å². The minimum atomic E-state index is -0.127. The van der Waals surface area contributed by atoms with Crippen molar-refractivity contribution in [3.8, 4) is 0 Å². The monoisotopic (exact) mass is 212 g/mol. The fourth-order valence-electron chi connectivity index (χ4n) is 1.29. The van der Waals surface area contributed by atoms with Crippen LogP contribution < -0.4 is 0 Å². The van der Waals surface area contributed by atoms with Crippen molar-refractivity contribution in [1.82, 2.24) is 0 Å². The zero-order valence-corrected chi connectivity index (χ0v) is 9.52. The zero-order valence-electron chi connectivity index (χ0n) is 8.71. The number of ether oxygens (including phenoxy) is 1. The van der Waals surface area contributed by atoms with Crippen LogP contribution in [0.4, 0.5) is 0 Å². The van der Waals surface area contributed by atoms with Gasteiger partial charge in [0.2, 0.25) is 0 Å². The number of rotatable bonds is 5. The van der Waals surface area contributed by atoms with E-state index in [0.29, 0.717) is 13.0 Å². The van der Waals surface area contributed by atoms with Crippen LogP contribution in [0.25, 0.3) is 0 Å². The number of esters is 1. The molecule has 3 heteroatoms. The topological polar surface area (TPSA) is 26.3 Å². The van der Waals surface area contributed by atoms with Crippen molar-refractivity contribution in [1.29, 1.82) is 0 Å². The summed E-state index contributed by atoms with van der Waals surface area (Å²) < 4.78 is 4.88. The van der Waals surface area contributed by atoms with Gasteiger partial charge < -0.3 is 4.74 Å². The molecule has 0 bridgehead atoms. The highest BCUT2D eigenvalue weighted by Gasteiger charge is 2.06. The van der Waals surface area contributed by atoms with Gasteiger partial charge in [0.15, 0.2) is 0 Å². The Morgan fingerprint density at radius 2 is 2.29 bits per heavy atom. The van der Waals surface area contributed by atoms with Crippen LogP contribution in [0.5, 0.6) is 0 Å². The maximum atomic E-state index is 11.2. The molecule has 14 heavy (non-hydrogen) atoms. The number of hydrogen-bond donors (Lipinski definition) is 0. The third kappa shape index (κ3) is 3.50. The molecule has 1 aromatic rings. The molecule has 0 saturated carbocycles. The lowest BCUT2D eigenvalue weighted by molar-refractivity contribution is -0.142.